The van der Waals surface area contributed by atoms with Gasteiger partial charge in [-0.05, 0) is 6.42 Å². The van der Waals surface area contributed by atoms with Gasteiger partial charge in [-0.25, -0.2) is 9.78 Å². The SMILES string of the molecule is CCCCc1onc(-c2nccs2)c1C(=O)O. The summed E-state index contributed by atoms with van der Waals surface area (Å²) in [6.07, 6.45) is 4.07. The number of thiazole rings is 1. The van der Waals surface area contributed by atoms with Crippen LogP contribution < -0.4 is 0 Å². The van der Waals surface area contributed by atoms with Crippen molar-refractivity contribution in [2.75, 3.05) is 0 Å². The van der Waals surface area contributed by atoms with Crippen molar-refractivity contribution in [3.05, 3.63) is 22.9 Å². The van der Waals surface area contributed by atoms with E-state index in [2.05, 4.69) is 10.1 Å². The van der Waals surface area contributed by atoms with Gasteiger partial charge in [-0.1, -0.05) is 18.5 Å². The average molecular weight is 252 g/mol. The number of aryl methyl sites for hydroxylation is 1. The minimum absolute atomic E-state index is 0.147. The van der Waals surface area contributed by atoms with E-state index < -0.39 is 5.97 Å². The number of unbranched alkanes of at least 4 members (excludes halogenated alkanes) is 1. The van der Waals surface area contributed by atoms with E-state index in [4.69, 9.17) is 4.52 Å². The molecular weight excluding hydrogens is 240 g/mol. The maximum absolute atomic E-state index is 11.2. The van der Waals surface area contributed by atoms with Crippen LogP contribution in [0.5, 0.6) is 0 Å². The molecule has 1 N–H and O–H groups in total. The van der Waals surface area contributed by atoms with Crippen LogP contribution in [-0.2, 0) is 6.42 Å². The normalized spacial score (nSPS) is 10.6. The van der Waals surface area contributed by atoms with Gasteiger partial charge >= 0.3 is 5.97 Å². The van der Waals surface area contributed by atoms with Crippen molar-refractivity contribution in [3.63, 3.8) is 0 Å². The fourth-order valence-corrected chi connectivity index (χ4v) is 2.16. The van der Waals surface area contributed by atoms with Gasteiger partial charge in [-0.15, -0.1) is 11.3 Å². The number of hydrogen-bond acceptors (Lipinski definition) is 5. The van der Waals surface area contributed by atoms with E-state index in [0.717, 1.165) is 12.8 Å². The van der Waals surface area contributed by atoms with E-state index in [1.807, 2.05) is 6.92 Å². The van der Waals surface area contributed by atoms with Gasteiger partial charge in [0.1, 0.15) is 10.6 Å². The molecule has 0 fully saturated rings. The molecule has 2 aromatic rings. The van der Waals surface area contributed by atoms with Crippen LogP contribution in [0.25, 0.3) is 10.7 Å². The highest BCUT2D eigenvalue weighted by molar-refractivity contribution is 7.13. The first-order valence-corrected chi connectivity index (χ1v) is 6.23. The molecule has 0 radical (unpaired) electrons. The average Bonchev–Trinajstić information content (AvgIpc) is 2.94. The predicted molar refractivity (Wildman–Crippen MR) is 63.2 cm³/mol. The van der Waals surface area contributed by atoms with Crippen LogP contribution in [-0.4, -0.2) is 21.2 Å². The quantitative estimate of drug-likeness (QED) is 0.885. The first kappa shape index (κ1) is 11.8. The summed E-state index contributed by atoms with van der Waals surface area (Å²) in [6, 6.07) is 0. The summed E-state index contributed by atoms with van der Waals surface area (Å²) in [5.74, 6) is -0.577. The Morgan fingerprint density at radius 3 is 3.00 bits per heavy atom. The fraction of sp³-hybridized carbons (Fsp3) is 0.364. The molecule has 5 nitrogen and oxygen atoms in total. The summed E-state index contributed by atoms with van der Waals surface area (Å²) in [4.78, 5) is 15.3. The van der Waals surface area contributed by atoms with Gasteiger partial charge in [0.2, 0.25) is 0 Å². The minimum Gasteiger partial charge on any atom is -0.477 e. The molecule has 0 unspecified atom stereocenters. The summed E-state index contributed by atoms with van der Waals surface area (Å²) in [6.45, 7) is 2.04. The minimum atomic E-state index is -1.01. The summed E-state index contributed by atoms with van der Waals surface area (Å²) in [5.41, 5.74) is 0.479. The lowest BCUT2D eigenvalue weighted by atomic mass is 10.1. The van der Waals surface area contributed by atoms with Crippen LogP contribution in [0.15, 0.2) is 16.1 Å². The molecule has 0 aromatic carbocycles. The molecule has 0 bridgehead atoms. The van der Waals surface area contributed by atoms with Crippen molar-refractivity contribution >= 4 is 17.3 Å². The summed E-state index contributed by atoms with van der Waals surface area (Å²) in [7, 11) is 0. The lowest BCUT2D eigenvalue weighted by molar-refractivity contribution is 0.0695. The van der Waals surface area contributed by atoms with Gasteiger partial charge in [0.25, 0.3) is 0 Å². The Balaban J connectivity index is 2.40. The second-order valence-electron chi connectivity index (χ2n) is 3.58. The molecule has 2 rings (SSSR count). The Bertz CT molecular complexity index is 505. The maximum Gasteiger partial charge on any atom is 0.341 e. The monoisotopic (exact) mass is 252 g/mol. The molecule has 17 heavy (non-hydrogen) atoms. The number of rotatable bonds is 5. The van der Waals surface area contributed by atoms with E-state index in [1.165, 1.54) is 11.3 Å². The Morgan fingerprint density at radius 1 is 1.59 bits per heavy atom. The number of carboxylic acids is 1. The van der Waals surface area contributed by atoms with Crippen molar-refractivity contribution in [2.24, 2.45) is 0 Å². The first-order valence-electron chi connectivity index (χ1n) is 5.35. The van der Waals surface area contributed by atoms with Crippen molar-refractivity contribution in [1.29, 1.82) is 0 Å². The number of carboxylic acid groups (broad SMARTS) is 1. The topological polar surface area (TPSA) is 76.2 Å². The number of carbonyl (C=O) groups is 1. The zero-order chi connectivity index (χ0) is 12.3. The first-order chi connectivity index (χ1) is 8.24. The highest BCUT2D eigenvalue weighted by atomic mass is 32.1. The zero-order valence-corrected chi connectivity index (χ0v) is 10.2. The molecular formula is C11H12N2O3S. The lowest BCUT2D eigenvalue weighted by Crippen LogP contribution is -2.01. The van der Waals surface area contributed by atoms with Gasteiger partial charge < -0.3 is 9.63 Å². The molecule has 0 aliphatic heterocycles. The molecule has 0 spiro atoms. The van der Waals surface area contributed by atoms with Gasteiger partial charge in [-0.3, -0.25) is 0 Å². The van der Waals surface area contributed by atoms with Crippen LogP contribution >= 0.6 is 11.3 Å². The molecule has 0 atom stereocenters. The van der Waals surface area contributed by atoms with Gasteiger partial charge in [0.15, 0.2) is 11.5 Å². The summed E-state index contributed by atoms with van der Waals surface area (Å²) >= 11 is 1.35. The molecule has 2 heterocycles. The second-order valence-corrected chi connectivity index (χ2v) is 4.47. The van der Waals surface area contributed by atoms with Crippen molar-refractivity contribution < 1.29 is 14.4 Å². The van der Waals surface area contributed by atoms with Crippen LogP contribution in [0.3, 0.4) is 0 Å². The molecule has 2 aromatic heterocycles. The van der Waals surface area contributed by atoms with Gasteiger partial charge in [-0.2, -0.15) is 0 Å². The second kappa shape index (κ2) is 5.09. The van der Waals surface area contributed by atoms with Crippen molar-refractivity contribution in [3.8, 4) is 10.7 Å². The van der Waals surface area contributed by atoms with E-state index >= 15 is 0 Å². The lowest BCUT2D eigenvalue weighted by Gasteiger charge is -1.96. The highest BCUT2D eigenvalue weighted by Gasteiger charge is 2.24. The van der Waals surface area contributed by atoms with Gasteiger partial charge in [0.05, 0.1) is 0 Å². The van der Waals surface area contributed by atoms with E-state index in [9.17, 15) is 9.90 Å². The molecule has 0 saturated heterocycles. The Labute approximate surface area is 102 Å². The Hall–Kier alpha value is -1.69. The van der Waals surface area contributed by atoms with Crippen LogP contribution in [0, 0.1) is 0 Å². The number of hydrogen-bond donors (Lipinski definition) is 1. The van der Waals surface area contributed by atoms with Crippen molar-refractivity contribution in [2.45, 2.75) is 26.2 Å². The van der Waals surface area contributed by atoms with Crippen LogP contribution in [0.4, 0.5) is 0 Å². The Morgan fingerprint density at radius 2 is 2.41 bits per heavy atom. The summed E-state index contributed by atoms with van der Waals surface area (Å²) in [5, 5.41) is 15.4. The summed E-state index contributed by atoms with van der Waals surface area (Å²) < 4.78 is 5.12. The third-order valence-corrected chi connectivity index (χ3v) is 3.15. The number of aromatic carboxylic acids is 1. The van der Waals surface area contributed by atoms with Crippen molar-refractivity contribution in [1.82, 2.24) is 10.1 Å². The van der Waals surface area contributed by atoms with E-state index in [0.29, 0.717) is 22.9 Å². The van der Waals surface area contributed by atoms with Crippen LogP contribution in [0.2, 0.25) is 0 Å². The fourth-order valence-electron chi connectivity index (χ4n) is 1.54. The third-order valence-electron chi connectivity index (χ3n) is 2.37. The molecule has 0 amide bonds. The largest absolute Gasteiger partial charge is 0.477 e. The molecule has 0 saturated carbocycles. The molecule has 6 heteroatoms. The number of nitrogens with zero attached hydrogens (tertiary/aromatic N) is 2. The predicted octanol–water partition coefficient (Wildman–Crippen LogP) is 2.84. The van der Waals surface area contributed by atoms with Gasteiger partial charge in [0, 0.05) is 18.0 Å². The third kappa shape index (κ3) is 2.36. The van der Waals surface area contributed by atoms with Crippen LogP contribution in [0.1, 0.15) is 35.9 Å². The molecule has 90 valence electrons. The van der Waals surface area contributed by atoms with E-state index in [-0.39, 0.29) is 5.56 Å². The number of aromatic nitrogens is 2. The molecule has 0 aliphatic carbocycles. The molecule has 0 aliphatic rings. The van der Waals surface area contributed by atoms with E-state index in [1.54, 1.807) is 11.6 Å². The maximum atomic E-state index is 11.2. The zero-order valence-electron chi connectivity index (χ0n) is 9.34. The standard InChI is InChI=1S/C11H12N2O3S/c1-2-3-4-7-8(11(14)15)9(13-16-7)10-12-5-6-17-10/h5-6H,2-4H2,1H3,(H,14,15). The smallest absolute Gasteiger partial charge is 0.341 e. The Kier molecular flexibility index (Phi) is 3.53. The highest BCUT2D eigenvalue weighted by Crippen LogP contribution is 2.27.